The van der Waals surface area contributed by atoms with Crippen molar-refractivity contribution in [1.82, 2.24) is 5.32 Å². The fourth-order valence-corrected chi connectivity index (χ4v) is 10.2. The summed E-state index contributed by atoms with van der Waals surface area (Å²) >= 11 is 0. The van der Waals surface area contributed by atoms with Crippen LogP contribution >= 0.6 is 0 Å². The van der Waals surface area contributed by atoms with Crippen LogP contribution in [0.1, 0.15) is 309 Å². The minimum absolute atomic E-state index is 0.175. The van der Waals surface area contributed by atoms with Gasteiger partial charge in [0.1, 0.15) is 24.4 Å². The van der Waals surface area contributed by atoms with Crippen molar-refractivity contribution in [3.05, 3.63) is 36.5 Å². The van der Waals surface area contributed by atoms with Gasteiger partial charge in [-0.05, 0) is 51.4 Å². The SMILES string of the molecule is CCCCCCCCCCC/C=C\C/C=C\CCCCCCCCCCCCCC(=O)NC(COC1OC(CO)C(O)C(O)C1O)C(O)/C=C/CCCCCCCCCCCCCCCCCCCCCCC. The van der Waals surface area contributed by atoms with Crippen LogP contribution in [-0.4, -0.2) is 87.5 Å². The molecule has 1 aliphatic rings. The van der Waals surface area contributed by atoms with Crippen LogP contribution in [0, 0.1) is 0 Å². The van der Waals surface area contributed by atoms with Crippen molar-refractivity contribution in [3.8, 4) is 0 Å². The highest BCUT2D eigenvalue weighted by Crippen LogP contribution is 2.23. The molecule has 0 bridgehead atoms. The predicted molar refractivity (Wildman–Crippen MR) is 309 cm³/mol. The van der Waals surface area contributed by atoms with Crippen molar-refractivity contribution in [1.29, 1.82) is 0 Å². The van der Waals surface area contributed by atoms with Gasteiger partial charge in [-0.25, -0.2) is 0 Å². The molecule has 1 heterocycles. The molecule has 1 aliphatic heterocycles. The maximum Gasteiger partial charge on any atom is 0.220 e. The molecule has 0 aromatic carbocycles. The van der Waals surface area contributed by atoms with Crippen LogP contribution in [0.3, 0.4) is 0 Å². The van der Waals surface area contributed by atoms with E-state index >= 15 is 0 Å². The first-order chi connectivity index (χ1) is 35.8. The molecule has 0 radical (unpaired) electrons. The molecule has 9 nitrogen and oxygen atoms in total. The van der Waals surface area contributed by atoms with E-state index in [1.54, 1.807) is 6.08 Å². The Balaban J connectivity index is 2.19. The number of aliphatic hydroxyl groups excluding tert-OH is 5. The van der Waals surface area contributed by atoms with Gasteiger partial charge in [0, 0.05) is 6.42 Å². The van der Waals surface area contributed by atoms with Gasteiger partial charge < -0.3 is 40.3 Å². The molecular weight excluding hydrogens is 911 g/mol. The summed E-state index contributed by atoms with van der Waals surface area (Å²) in [6.07, 6.45) is 63.6. The Kier molecular flexibility index (Phi) is 51.2. The summed E-state index contributed by atoms with van der Waals surface area (Å²) in [5.74, 6) is -0.175. The maximum absolute atomic E-state index is 13.1. The minimum Gasteiger partial charge on any atom is -0.394 e. The minimum atomic E-state index is -1.57. The van der Waals surface area contributed by atoms with Gasteiger partial charge in [-0.15, -0.1) is 0 Å². The Bertz CT molecular complexity index is 1240. The highest BCUT2D eigenvalue weighted by Gasteiger charge is 2.44. The average Bonchev–Trinajstić information content (AvgIpc) is 3.39. The summed E-state index contributed by atoms with van der Waals surface area (Å²) in [5, 5.41) is 54.6. The van der Waals surface area contributed by atoms with Gasteiger partial charge >= 0.3 is 0 Å². The lowest BCUT2D eigenvalue weighted by atomic mass is 9.99. The first-order valence-corrected chi connectivity index (χ1v) is 31.7. The molecular formula is C64H121NO8. The molecule has 7 atom stereocenters. The second-order valence-corrected chi connectivity index (χ2v) is 22.2. The number of hydrogen-bond acceptors (Lipinski definition) is 8. The standard InChI is InChI=1S/C64H121NO8/c1-3-5-7-9-11-13-15-17-19-21-23-25-27-28-29-30-32-34-36-38-40-42-44-46-48-50-52-54-60(68)65-57(56-72-64-63(71)62(70)61(69)59(55-66)73-64)58(67)53-51-49-47-45-43-41-39-37-35-33-31-26-24-22-20-18-16-14-12-10-8-6-4-2/h23,25,28-29,51,53,57-59,61-64,66-67,69-71H,3-22,24,26-27,30-50,52,54-56H2,1-2H3,(H,65,68)/b25-23-,29-28-,53-51+. The molecule has 430 valence electrons. The fourth-order valence-electron chi connectivity index (χ4n) is 10.2. The maximum atomic E-state index is 13.1. The Hall–Kier alpha value is -1.59. The molecule has 1 rings (SSSR count). The van der Waals surface area contributed by atoms with Crippen molar-refractivity contribution in [2.45, 2.75) is 352 Å². The molecule has 1 saturated heterocycles. The highest BCUT2D eigenvalue weighted by atomic mass is 16.7. The van der Waals surface area contributed by atoms with E-state index < -0.39 is 49.5 Å². The second kappa shape index (κ2) is 53.8. The van der Waals surface area contributed by atoms with Gasteiger partial charge in [0.05, 0.1) is 25.4 Å². The Labute approximate surface area is 451 Å². The third kappa shape index (κ3) is 43.1. The van der Waals surface area contributed by atoms with Gasteiger partial charge in [-0.1, -0.05) is 288 Å². The van der Waals surface area contributed by atoms with Crippen molar-refractivity contribution >= 4 is 5.91 Å². The Morgan fingerprint density at radius 1 is 0.466 bits per heavy atom. The van der Waals surface area contributed by atoms with Crippen LogP contribution in [-0.2, 0) is 14.3 Å². The average molecular weight is 1030 g/mol. The number of allylic oxidation sites excluding steroid dienone is 5. The van der Waals surface area contributed by atoms with E-state index in [0.29, 0.717) is 6.42 Å². The second-order valence-electron chi connectivity index (χ2n) is 22.2. The summed E-state index contributed by atoms with van der Waals surface area (Å²) in [4.78, 5) is 13.1. The lowest BCUT2D eigenvalue weighted by Gasteiger charge is -2.40. The molecule has 0 aliphatic carbocycles. The number of ether oxygens (including phenoxy) is 2. The fraction of sp³-hybridized carbons (Fsp3) is 0.891. The number of unbranched alkanes of at least 4 members (excludes halogenated alkanes) is 41. The number of carbonyl (C=O) groups is 1. The van der Waals surface area contributed by atoms with Crippen LogP contribution in [0.15, 0.2) is 36.5 Å². The monoisotopic (exact) mass is 1030 g/mol. The first-order valence-electron chi connectivity index (χ1n) is 31.7. The molecule has 73 heavy (non-hydrogen) atoms. The topological polar surface area (TPSA) is 149 Å². The van der Waals surface area contributed by atoms with E-state index in [2.05, 4.69) is 43.5 Å². The lowest BCUT2D eigenvalue weighted by Crippen LogP contribution is -2.60. The van der Waals surface area contributed by atoms with Crippen LogP contribution in [0.5, 0.6) is 0 Å². The van der Waals surface area contributed by atoms with Gasteiger partial charge in [0.15, 0.2) is 6.29 Å². The van der Waals surface area contributed by atoms with E-state index in [1.165, 1.54) is 244 Å². The smallest absolute Gasteiger partial charge is 0.220 e. The van der Waals surface area contributed by atoms with Crippen LogP contribution in [0.2, 0.25) is 0 Å². The number of amides is 1. The molecule has 0 saturated carbocycles. The largest absolute Gasteiger partial charge is 0.394 e. The molecule has 0 spiro atoms. The van der Waals surface area contributed by atoms with E-state index in [4.69, 9.17) is 9.47 Å². The summed E-state index contributed by atoms with van der Waals surface area (Å²) in [6, 6.07) is -0.807. The van der Waals surface area contributed by atoms with Crippen molar-refractivity contribution in [2.24, 2.45) is 0 Å². The first kappa shape index (κ1) is 69.4. The van der Waals surface area contributed by atoms with E-state index in [0.717, 1.165) is 44.9 Å². The zero-order valence-electron chi connectivity index (χ0n) is 47.9. The normalized spacial score (nSPS) is 19.2. The van der Waals surface area contributed by atoms with Gasteiger partial charge in [-0.3, -0.25) is 4.79 Å². The van der Waals surface area contributed by atoms with Crippen LogP contribution in [0.25, 0.3) is 0 Å². The molecule has 9 heteroatoms. The van der Waals surface area contributed by atoms with Gasteiger partial charge in [-0.2, -0.15) is 0 Å². The molecule has 0 aromatic heterocycles. The number of carbonyl (C=O) groups excluding carboxylic acids is 1. The highest BCUT2D eigenvalue weighted by molar-refractivity contribution is 5.76. The van der Waals surface area contributed by atoms with E-state index in [1.807, 2.05) is 6.08 Å². The zero-order valence-corrected chi connectivity index (χ0v) is 47.9. The molecule has 1 amide bonds. The zero-order chi connectivity index (χ0) is 52.9. The third-order valence-corrected chi connectivity index (χ3v) is 15.2. The number of hydrogen-bond donors (Lipinski definition) is 6. The van der Waals surface area contributed by atoms with Crippen LogP contribution in [0.4, 0.5) is 0 Å². The van der Waals surface area contributed by atoms with E-state index in [9.17, 15) is 30.3 Å². The van der Waals surface area contributed by atoms with Crippen LogP contribution < -0.4 is 5.32 Å². The molecule has 7 unspecified atom stereocenters. The van der Waals surface area contributed by atoms with Crippen molar-refractivity contribution in [3.63, 3.8) is 0 Å². The lowest BCUT2D eigenvalue weighted by molar-refractivity contribution is -0.302. The summed E-state index contributed by atoms with van der Waals surface area (Å²) < 4.78 is 11.3. The molecule has 6 N–H and O–H groups in total. The molecule has 1 fully saturated rings. The van der Waals surface area contributed by atoms with Gasteiger partial charge in [0.25, 0.3) is 0 Å². The van der Waals surface area contributed by atoms with E-state index in [-0.39, 0.29) is 12.5 Å². The number of rotatable bonds is 55. The predicted octanol–water partition coefficient (Wildman–Crippen LogP) is 16.3. The van der Waals surface area contributed by atoms with Gasteiger partial charge in [0.2, 0.25) is 5.91 Å². The number of nitrogens with one attached hydrogen (secondary N) is 1. The summed E-state index contributed by atoms with van der Waals surface area (Å²) in [7, 11) is 0. The summed E-state index contributed by atoms with van der Waals surface area (Å²) in [5.41, 5.74) is 0. The number of aliphatic hydroxyl groups is 5. The quantitative estimate of drug-likeness (QED) is 0.0261. The molecule has 0 aromatic rings. The third-order valence-electron chi connectivity index (χ3n) is 15.2. The van der Waals surface area contributed by atoms with Crippen molar-refractivity contribution in [2.75, 3.05) is 13.2 Å². The Morgan fingerprint density at radius 2 is 0.808 bits per heavy atom. The summed E-state index contributed by atoms with van der Waals surface area (Å²) in [6.45, 7) is 3.82. The van der Waals surface area contributed by atoms with Crippen molar-refractivity contribution < 1.29 is 39.8 Å². The Morgan fingerprint density at radius 3 is 1.18 bits per heavy atom.